The van der Waals surface area contributed by atoms with E-state index in [9.17, 15) is 15.2 Å². The molecule has 128 valence electrons. The topological polar surface area (TPSA) is 84.4 Å². The Bertz CT molecular complexity index is 539. The summed E-state index contributed by atoms with van der Waals surface area (Å²) in [5, 5.41) is 24.9. The molecule has 3 rings (SSSR count). The summed E-state index contributed by atoms with van der Waals surface area (Å²) >= 11 is 2.11. The second kappa shape index (κ2) is 7.19. The molecular weight excluding hydrogens is 316 g/mol. The molecule has 1 aromatic heterocycles. The van der Waals surface area contributed by atoms with Crippen molar-refractivity contribution in [3.63, 3.8) is 0 Å². The third-order valence-electron chi connectivity index (χ3n) is 4.79. The van der Waals surface area contributed by atoms with Gasteiger partial charge in [-0.15, -0.1) is 0 Å². The molecule has 1 saturated carbocycles. The zero-order chi connectivity index (χ0) is 16.3. The highest BCUT2D eigenvalue weighted by Crippen LogP contribution is 2.42. The summed E-state index contributed by atoms with van der Waals surface area (Å²) in [4.78, 5) is 12.6. The highest BCUT2D eigenvalue weighted by atomic mass is 32.2. The van der Waals surface area contributed by atoms with E-state index in [1.165, 1.54) is 49.2 Å². The number of β-amino-alcohol motifs (C(OH)–C–C–N with tert-alkyl or cyclic N) is 1. The zero-order valence-corrected chi connectivity index (χ0v) is 14.1. The lowest BCUT2D eigenvalue weighted by atomic mass is 9.87. The number of aliphatic hydroxyl groups is 1. The molecule has 1 spiro atoms. The average Bonchev–Trinajstić information content (AvgIpc) is 2.96. The molecule has 8 heteroatoms. The molecule has 2 heterocycles. The van der Waals surface area contributed by atoms with E-state index < -0.39 is 11.0 Å². The van der Waals surface area contributed by atoms with Crippen LogP contribution in [0.5, 0.6) is 0 Å². The Morgan fingerprint density at radius 3 is 2.87 bits per heavy atom. The van der Waals surface area contributed by atoms with Crippen molar-refractivity contribution in [1.29, 1.82) is 0 Å². The molecular formula is C15H24N4O3S. The van der Waals surface area contributed by atoms with E-state index in [1.807, 2.05) is 0 Å². The molecule has 1 unspecified atom stereocenters. The van der Waals surface area contributed by atoms with Crippen LogP contribution in [0.2, 0.25) is 0 Å². The van der Waals surface area contributed by atoms with Gasteiger partial charge in [-0.3, -0.25) is 19.7 Å². The molecule has 1 saturated heterocycles. The van der Waals surface area contributed by atoms with E-state index >= 15 is 0 Å². The van der Waals surface area contributed by atoms with Crippen LogP contribution in [0.3, 0.4) is 0 Å². The molecule has 1 aliphatic heterocycles. The first-order valence-corrected chi connectivity index (χ1v) is 9.26. The van der Waals surface area contributed by atoms with Crippen molar-refractivity contribution in [3.05, 3.63) is 22.5 Å². The first-order valence-electron chi connectivity index (χ1n) is 8.28. The van der Waals surface area contributed by atoms with Gasteiger partial charge < -0.3 is 5.11 Å². The molecule has 1 aromatic rings. The molecule has 0 aromatic carbocycles. The summed E-state index contributed by atoms with van der Waals surface area (Å²) in [6.07, 6.45) is 8.60. The van der Waals surface area contributed by atoms with Gasteiger partial charge in [-0.05, 0) is 12.8 Å². The number of thioether (sulfide) groups is 1. The summed E-state index contributed by atoms with van der Waals surface area (Å²) in [5.74, 6) is 1.12. The Kier molecular flexibility index (Phi) is 5.23. The van der Waals surface area contributed by atoms with Crippen molar-refractivity contribution in [2.45, 2.75) is 49.5 Å². The van der Waals surface area contributed by atoms with Crippen molar-refractivity contribution in [1.82, 2.24) is 14.7 Å². The zero-order valence-electron chi connectivity index (χ0n) is 13.3. The number of aliphatic hydroxyl groups excluding tert-OH is 1. The second-order valence-corrected chi connectivity index (χ2v) is 8.22. The number of hydrogen-bond donors (Lipinski definition) is 1. The normalized spacial score (nSPS) is 23.0. The van der Waals surface area contributed by atoms with Crippen LogP contribution < -0.4 is 0 Å². The summed E-state index contributed by atoms with van der Waals surface area (Å²) in [6.45, 7) is 2.96. The van der Waals surface area contributed by atoms with Crippen LogP contribution in [0.25, 0.3) is 0 Å². The Morgan fingerprint density at radius 2 is 2.17 bits per heavy atom. The second-order valence-electron chi connectivity index (χ2n) is 6.66. The summed E-state index contributed by atoms with van der Waals surface area (Å²) < 4.78 is 1.85. The fourth-order valence-electron chi connectivity index (χ4n) is 3.70. The fourth-order valence-corrected chi connectivity index (χ4v) is 5.33. The Hall–Kier alpha value is -1.12. The largest absolute Gasteiger partial charge is 0.390 e. The molecule has 1 atom stereocenters. The van der Waals surface area contributed by atoms with Crippen LogP contribution >= 0.6 is 11.8 Å². The minimum absolute atomic E-state index is 0.0345. The average molecular weight is 340 g/mol. The van der Waals surface area contributed by atoms with Gasteiger partial charge >= 0.3 is 5.69 Å². The van der Waals surface area contributed by atoms with Crippen molar-refractivity contribution in [2.24, 2.45) is 0 Å². The molecule has 2 fully saturated rings. The van der Waals surface area contributed by atoms with Crippen LogP contribution in [-0.2, 0) is 6.54 Å². The minimum atomic E-state index is -0.557. The van der Waals surface area contributed by atoms with Gasteiger partial charge in [-0.1, -0.05) is 19.3 Å². The third kappa shape index (κ3) is 4.24. The van der Waals surface area contributed by atoms with Crippen LogP contribution in [-0.4, -0.2) is 60.9 Å². The number of nitrogens with zero attached hydrogens (tertiary/aromatic N) is 4. The van der Waals surface area contributed by atoms with Crippen molar-refractivity contribution in [2.75, 3.05) is 25.4 Å². The van der Waals surface area contributed by atoms with E-state index in [-0.39, 0.29) is 5.69 Å². The molecule has 0 amide bonds. The van der Waals surface area contributed by atoms with Gasteiger partial charge in [-0.25, -0.2) is 0 Å². The van der Waals surface area contributed by atoms with Gasteiger partial charge in [0.1, 0.15) is 12.4 Å². The van der Waals surface area contributed by atoms with Gasteiger partial charge in [0.2, 0.25) is 0 Å². The SMILES string of the molecule is O=[N+]([O-])c1cnn(CC(O)CN2CCSC3(CCCCC3)C2)c1. The lowest BCUT2D eigenvalue weighted by Gasteiger charge is -2.45. The number of hydrogen-bond acceptors (Lipinski definition) is 6. The molecule has 1 aliphatic carbocycles. The molecule has 2 aliphatic rings. The quantitative estimate of drug-likeness (QED) is 0.651. The molecule has 7 nitrogen and oxygen atoms in total. The highest BCUT2D eigenvalue weighted by molar-refractivity contribution is 8.00. The van der Waals surface area contributed by atoms with Crippen molar-refractivity contribution < 1.29 is 10.0 Å². The van der Waals surface area contributed by atoms with Gasteiger partial charge in [-0.2, -0.15) is 16.9 Å². The van der Waals surface area contributed by atoms with Crippen molar-refractivity contribution >= 4 is 17.4 Å². The summed E-state index contributed by atoms with van der Waals surface area (Å²) in [5.41, 5.74) is -0.0345. The molecule has 0 radical (unpaired) electrons. The van der Waals surface area contributed by atoms with Crippen LogP contribution in [0.15, 0.2) is 12.4 Å². The van der Waals surface area contributed by atoms with E-state index in [4.69, 9.17) is 0 Å². The first-order chi connectivity index (χ1) is 11.1. The summed E-state index contributed by atoms with van der Waals surface area (Å²) in [7, 11) is 0. The molecule has 23 heavy (non-hydrogen) atoms. The monoisotopic (exact) mass is 340 g/mol. The van der Waals surface area contributed by atoms with E-state index in [2.05, 4.69) is 21.8 Å². The maximum absolute atomic E-state index is 10.7. The number of aromatic nitrogens is 2. The first kappa shape index (κ1) is 16.7. The maximum atomic E-state index is 10.7. The lowest BCUT2D eigenvalue weighted by molar-refractivity contribution is -0.385. The lowest BCUT2D eigenvalue weighted by Crippen LogP contribution is -2.50. The predicted octanol–water partition coefficient (Wildman–Crippen LogP) is 1.90. The third-order valence-corrected chi connectivity index (χ3v) is 6.33. The fraction of sp³-hybridized carbons (Fsp3) is 0.800. The van der Waals surface area contributed by atoms with Gasteiger partial charge in [0.05, 0.1) is 17.6 Å². The van der Waals surface area contributed by atoms with Crippen LogP contribution in [0, 0.1) is 10.1 Å². The van der Waals surface area contributed by atoms with E-state index in [0.29, 0.717) is 17.8 Å². The highest BCUT2D eigenvalue weighted by Gasteiger charge is 2.37. The van der Waals surface area contributed by atoms with Crippen LogP contribution in [0.1, 0.15) is 32.1 Å². The standard InChI is InChI=1S/C15H24N4O3S/c20-14(11-18-9-13(8-16-18)19(21)22)10-17-6-7-23-15(12-17)4-2-1-3-5-15/h8-9,14,20H,1-7,10-12H2. The van der Waals surface area contributed by atoms with Crippen LogP contribution in [0.4, 0.5) is 5.69 Å². The summed E-state index contributed by atoms with van der Waals surface area (Å²) in [6, 6.07) is 0. The van der Waals surface area contributed by atoms with Gasteiger partial charge in [0.15, 0.2) is 0 Å². The predicted molar refractivity (Wildman–Crippen MR) is 89.6 cm³/mol. The van der Waals surface area contributed by atoms with E-state index in [1.54, 1.807) is 0 Å². The Labute approximate surface area is 140 Å². The number of rotatable bonds is 5. The van der Waals surface area contributed by atoms with Crippen molar-refractivity contribution in [3.8, 4) is 0 Å². The van der Waals surface area contributed by atoms with Gasteiger partial charge in [0, 0.05) is 30.1 Å². The molecule has 1 N–H and O–H groups in total. The Morgan fingerprint density at radius 1 is 1.39 bits per heavy atom. The molecule has 0 bridgehead atoms. The maximum Gasteiger partial charge on any atom is 0.306 e. The Balaban J connectivity index is 1.52. The number of nitro groups is 1. The minimum Gasteiger partial charge on any atom is -0.390 e. The van der Waals surface area contributed by atoms with Gasteiger partial charge in [0.25, 0.3) is 0 Å². The smallest absolute Gasteiger partial charge is 0.306 e. The van der Waals surface area contributed by atoms with E-state index in [0.717, 1.165) is 18.8 Å².